The molecule has 0 fully saturated rings. The number of aryl methyl sites for hydroxylation is 2. The van der Waals surface area contributed by atoms with Gasteiger partial charge < -0.3 is 25.2 Å². The quantitative estimate of drug-likeness (QED) is 0.252. The molecule has 2 heterocycles. The first-order chi connectivity index (χ1) is 17.4. The minimum atomic E-state index is -1.06. The maximum Gasteiger partial charge on any atom is 0.330 e. The average molecular weight is 534 g/mol. The second-order valence-corrected chi connectivity index (χ2v) is 9.16. The van der Waals surface area contributed by atoms with E-state index in [1.165, 1.54) is 18.4 Å². The molecule has 194 valence electrons. The molecule has 3 rings (SSSR count). The second kappa shape index (κ2) is 14.8. The van der Waals surface area contributed by atoms with Gasteiger partial charge in [-0.15, -0.1) is 11.3 Å². The van der Waals surface area contributed by atoms with Crippen molar-refractivity contribution in [1.29, 1.82) is 0 Å². The van der Waals surface area contributed by atoms with E-state index in [-0.39, 0.29) is 18.2 Å². The van der Waals surface area contributed by atoms with Crippen LogP contribution in [0.4, 0.5) is 0 Å². The highest BCUT2D eigenvalue weighted by Crippen LogP contribution is 2.25. The molecule has 0 aliphatic rings. The number of carbonyl (C=O) groups is 3. The predicted molar refractivity (Wildman–Crippen MR) is 140 cm³/mol. The number of hydrogen-bond donors (Lipinski definition) is 3. The number of ether oxygens (including phenoxy) is 2. The third-order valence-electron chi connectivity index (χ3n) is 4.73. The summed E-state index contributed by atoms with van der Waals surface area (Å²) in [6.45, 7) is 5.95. The fourth-order valence-corrected chi connectivity index (χ4v) is 4.53. The van der Waals surface area contributed by atoms with Crippen molar-refractivity contribution < 1.29 is 29.0 Å². The summed E-state index contributed by atoms with van der Waals surface area (Å²) in [4.78, 5) is 42.2. The highest BCUT2D eigenvalue weighted by Gasteiger charge is 2.25. The zero-order valence-corrected chi connectivity index (χ0v) is 22.3. The van der Waals surface area contributed by atoms with E-state index in [1.807, 2.05) is 19.9 Å². The van der Waals surface area contributed by atoms with Gasteiger partial charge in [-0.3, -0.25) is 9.59 Å². The number of thiazole rings is 1. The van der Waals surface area contributed by atoms with Crippen LogP contribution in [0.15, 0.2) is 41.8 Å². The maximum atomic E-state index is 12.8. The molecule has 3 aromatic rings. The molecule has 3 N–H and O–H groups in total. The van der Waals surface area contributed by atoms with E-state index in [2.05, 4.69) is 15.6 Å². The van der Waals surface area contributed by atoms with E-state index >= 15 is 0 Å². The van der Waals surface area contributed by atoms with E-state index in [0.29, 0.717) is 33.7 Å². The normalized spacial score (nSPS) is 11.0. The first-order valence-electron chi connectivity index (χ1n) is 11.5. The Morgan fingerprint density at radius 2 is 1.92 bits per heavy atom. The number of rotatable bonds is 11. The van der Waals surface area contributed by atoms with Gasteiger partial charge in [0.05, 0.1) is 24.3 Å². The largest absolute Gasteiger partial charge is 0.508 e. The number of benzene rings is 1. The Balaban J connectivity index is 0.00000222. The summed E-state index contributed by atoms with van der Waals surface area (Å²) in [5.41, 5.74) is 1.47. The van der Waals surface area contributed by atoms with Crippen molar-refractivity contribution in [3.63, 3.8) is 0 Å². The summed E-state index contributed by atoms with van der Waals surface area (Å²) in [5.74, 6) is -1.30. The van der Waals surface area contributed by atoms with Gasteiger partial charge in [0.1, 0.15) is 16.7 Å². The van der Waals surface area contributed by atoms with E-state index < -0.39 is 17.9 Å². The summed E-state index contributed by atoms with van der Waals surface area (Å²) in [6.07, 6.45) is 1.43. The molecular weight excluding hydrogens is 502 g/mol. The number of nitrogens with one attached hydrogen (secondary N) is 2. The SMILES string of the molecule is CC.COC(=O)[C@H](CNC(=O)c1cccs1)NC(=O)c1sc(OCCCc2cccc(O)c2)nc1C. The Hall–Kier alpha value is -3.44. The van der Waals surface area contributed by atoms with Gasteiger partial charge in [-0.2, -0.15) is 0 Å². The summed E-state index contributed by atoms with van der Waals surface area (Å²) in [5, 5.41) is 16.9. The zero-order chi connectivity index (χ0) is 26.5. The predicted octanol–water partition coefficient (Wildman–Crippen LogP) is 3.96. The molecular formula is C25H31N3O6S2. The summed E-state index contributed by atoms with van der Waals surface area (Å²) in [6, 6.07) is 9.39. The molecule has 0 spiro atoms. The van der Waals surface area contributed by atoms with E-state index in [4.69, 9.17) is 9.47 Å². The van der Waals surface area contributed by atoms with Crippen molar-refractivity contribution in [3.05, 3.63) is 62.8 Å². The molecule has 36 heavy (non-hydrogen) atoms. The lowest BCUT2D eigenvalue weighted by atomic mass is 10.1. The number of methoxy groups -OCH3 is 1. The number of aromatic nitrogens is 1. The summed E-state index contributed by atoms with van der Waals surface area (Å²) in [7, 11) is 1.21. The molecule has 0 bridgehead atoms. The number of esters is 1. The number of nitrogens with zero attached hydrogens (tertiary/aromatic N) is 1. The lowest BCUT2D eigenvalue weighted by Gasteiger charge is -2.16. The van der Waals surface area contributed by atoms with Crippen LogP contribution < -0.4 is 15.4 Å². The number of hydrogen-bond acceptors (Lipinski definition) is 9. The first kappa shape index (κ1) is 28.8. The molecule has 0 radical (unpaired) electrons. The summed E-state index contributed by atoms with van der Waals surface area (Å²) < 4.78 is 10.4. The van der Waals surface area contributed by atoms with Gasteiger partial charge in [0.2, 0.25) is 0 Å². The van der Waals surface area contributed by atoms with Crippen molar-refractivity contribution in [3.8, 4) is 10.9 Å². The molecule has 0 aliphatic heterocycles. The second-order valence-electron chi connectivity index (χ2n) is 7.25. The minimum Gasteiger partial charge on any atom is -0.508 e. The molecule has 0 aliphatic carbocycles. The Labute approximate surface area is 218 Å². The lowest BCUT2D eigenvalue weighted by molar-refractivity contribution is -0.142. The molecule has 9 nitrogen and oxygen atoms in total. The van der Waals surface area contributed by atoms with Crippen LogP contribution in [-0.2, 0) is 16.0 Å². The number of amides is 2. The van der Waals surface area contributed by atoms with Gasteiger partial charge in [-0.1, -0.05) is 43.4 Å². The summed E-state index contributed by atoms with van der Waals surface area (Å²) >= 11 is 2.35. The Morgan fingerprint density at radius 1 is 1.14 bits per heavy atom. The van der Waals surface area contributed by atoms with Crippen molar-refractivity contribution in [2.45, 2.75) is 39.7 Å². The van der Waals surface area contributed by atoms with Gasteiger partial charge >= 0.3 is 5.97 Å². The Kier molecular flexibility index (Phi) is 11.9. The van der Waals surface area contributed by atoms with Gasteiger partial charge in [0.25, 0.3) is 17.0 Å². The zero-order valence-electron chi connectivity index (χ0n) is 20.7. The molecule has 1 aromatic carbocycles. The van der Waals surface area contributed by atoms with Gasteiger partial charge in [-0.05, 0) is 48.9 Å². The van der Waals surface area contributed by atoms with Crippen LogP contribution in [0, 0.1) is 6.92 Å². The standard InChI is InChI=1S/C23H25N3O6S2.C2H6/c1-14-19(34-23(25-14)32-10-4-7-15-6-3-8-16(27)12-15)21(29)26-17(22(30)31-2)13-24-20(28)18-9-5-11-33-18;1-2/h3,5-6,8-9,11-12,17,27H,4,7,10,13H2,1-2H3,(H,24,28)(H,26,29);1-2H3/t17-;/m0./s1. The van der Waals surface area contributed by atoms with Crippen LogP contribution in [0.1, 0.15) is 50.9 Å². The van der Waals surface area contributed by atoms with Crippen LogP contribution in [0.25, 0.3) is 0 Å². The Bertz CT molecular complexity index is 1130. The minimum absolute atomic E-state index is 0.120. The van der Waals surface area contributed by atoms with Crippen LogP contribution in [0.3, 0.4) is 0 Å². The number of carbonyl (C=O) groups excluding carboxylic acids is 3. The molecule has 0 saturated heterocycles. The maximum absolute atomic E-state index is 12.8. The monoisotopic (exact) mass is 533 g/mol. The van der Waals surface area contributed by atoms with Crippen LogP contribution in [-0.4, -0.2) is 54.2 Å². The van der Waals surface area contributed by atoms with Gasteiger partial charge in [0, 0.05) is 6.54 Å². The topological polar surface area (TPSA) is 127 Å². The van der Waals surface area contributed by atoms with Crippen molar-refractivity contribution in [1.82, 2.24) is 15.6 Å². The molecule has 0 saturated carbocycles. The highest BCUT2D eigenvalue weighted by molar-refractivity contribution is 7.15. The van der Waals surface area contributed by atoms with Crippen LogP contribution in [0.5, 0.6) is 10.9 Å². The van der Waals surface area contributed by atoms with Gasteiger partial charge in [-0.25, -0.2) is 9.78 Å². The van der Waals surface area contributed by atoms with Crippen molar-refractivity contribution in [2.75, 3.05) is 20.3 Å². The average Bonchev–Trinajstić information content (AvgIpc) is 3.55. The molecule has 2 amide bonds. The van der Waals surface area contributed by atoms with Crippen LogP contribution in [0.2, 0.25) is 0 Å². The van der Waals surface area contributed by atoms with Crippen LogP contribution >= 0.6 is 22.7 Å². The highest BCUT2D eigenvalue weighted by atomic mass is 32.1. The smallest absolute Gasteiger partial charge is 0.330 e. The van der Waals surface area contributed by atoms with E-state index in [1.54, 1.807) is 42.6 Å². The molecule has 0 unspecified atom stereocenters. The third kappa shape index (κ3) is 8.65. The number of phenols is 1. The fraction of sp³-hybridized carbons (Fsp3) is 0.360. The van der Waals surface area contributed by atoms with Crippen molar-refractivity contribution >= 4 is 40.5 Å². The number of thiophene rings is 1. The molecule has 2 aromatic heterocycles. The van der Waals surface area contributed by atoms with Gasteiger partial charge in [0.15, 0.2) is 0 Å². The Morgan fingerprint density at radius 3 is 2.58 bits per heavy atom. The third-order valence-corrected chi connectivity index (χ3v) is 6.67. The van der Waals surface area contributed by atoms with E-state index in [9.17, 15) is 19.5 Å². The molecule has 1 atom stereocenters. The van der Waals surface area contributed by atoms with E-state index in [0.717, 1.165) is 23.3 Å². The number of aromatic hydroxyl groups is 1. The molecule has 11 heteroatoms. The number of phenolic OH excluding ortho intramolecular Hbond substituents is 1. The fourth-order valence-electron chi connectivity index (χ4n) is 3.04. The lowest BCUT2D eigenvalue weighted by Crippen LogP contribution is -2.48. The first-order valence-corrected chi connectivity index (χ1v) is 13.2. The van der Waals surface area contributed by atoms with Crippen molar-refractivity contribution in [2.24, 2.45) is 0 Å².